The third-order valence-electron chi connectivity index (χ3n) is 4.46. The number of hydrogen-bond acceptors (Lipinski definition) is 4. The minimum Gasteiger partial charge on any atom is -0.354 e. The normalized spacial score (nSPS) is 12.5. The molecule has 3 rings (SSSR count). The molecule has 0 unspecified atom stereocenters. The summed E-state index contributed by atoms with van der Waals surface area (Å²) in [6.07, 6.45) is 0.115. The molecule has 3 aromatic rings. The summed E-state index contributed by atoms with van der Waals surface area (Å²) in [5.41, 5.74) is 1.03. The monoisotopic (exact) mass is 451 g/mol. The minimum atomic E-state index is -3.83. The van der Waals surface area contributed by atoms with Crippen LogP contribution in [0.4, 0.5) is 4.39 Å². The number of benzene rings is 2. The summed E-state index contributed by atoms with van der Waals surface area (Å²) >= 11 is 7.15. The Balaban J connectivity index is 1.79. The molecule has 1 aromatic heterocycles. The summed E-state index contributed by atoms with van der Waals surface area (Å²) in [4.78, 5) is 13.0. The molecule has 1 atom stereocenters. The van der Waals surface area contributed by atoms with Gasteiger partial charge in [-0.25, -0.2) is 12.8 Å². The van der Waals surface area contributed by atoms with Crippen LogP contribution in [0.5, 0.6) is 0 Å². The van der Waals surface area contributed by atoms with Gasteiger partial charge < -0.3 is 5.32 Å². The van der Waals surface area contributed by atoms with E-state index in [1.54, 1.807) is 41.8 Å². The van der Waals surface area contributed by atoms with Crippen LogP contribution in [-0.2, 0) is 21.1 Å². The first-order chi connectivity index (χ1) is 13.8. The number of aryl methyl sites for hydroxylation is 1. The maximum absolute atomic E-state index is 13.6. The molecular formula is C21H19ClFNO3S2. The van der Waals surface area contributed by atoms with E-state index < -0.39 is 20.9 Å². The van der Waals surface area contributed by atoms with Gasteiger partial charge in [0, 0.05) is 16.4 Å². The quantitative estimate of drug-likeness (QED) is 0.528. The van der Waals surface area contributed by atoms with Gasteiger partial charge in [-0.15, -0.1) is 11.3 Å². The van der Waals surface area contributed by atoms with E-state index >= 15 is 0 Å². The zero-order valence-electron chi connectivity index (χ0n) is 15.6. The van der Waals surface area contributed by atoms with Crippen molar-refractivity contribution in [2.45, 2.75) is 23.5 Å². The van der Waals surface area contributed by atoms with Gasteiger partial charge in [-0.05, 0) is 59.8 Å². The van der Waals surface area contributed by atoms with Crippen molar-refractivity contribution in [1.29, 1.82) is 0 Å². The van der Waals surface area contributed by atoms with Crippen LogP contribution in [0, 0.1) is 12.7 Å². The molecule has 0 saturated heterocycles. The Hall–Kier alpha value is -2.22. The molecule has 8 heteroatoms. The summed E-state index contributed by atoms with van der Waals surface area (Å²) in [7, 11) is -3.83. The molecule has 29 heavy (non-hydrogen) atoms. The van der Waals surface area contributed by atoms with Crippen LogP contribution in [0.25, 0.3) is 0 Å². The highest BCUT2D eigenvalue weighted by molar-refractivity contribution is 7.91. The Morgan fingerprint density at radius 1 is 1.17 bits per heavy atom. The molecule has 0 bridgehead atoms. The minimum absolute atomic E-state index is 0.0294. The van der Waals surface area contributed by atoms with Crippen molar-refractivity contribution in [3.63, 3.8) is 0 Å². The Morgan fingerprint density at radius 3 is 2.52 bits per heavy atom. The highest BCUT2D eigenvalue weighted by atomic mass is 35.5. The second-order valence-corrected chi connectivity index (χ2v) is 10.1. The van der Waals surface area contributed by atoms with Gasteiger partial charge in [-0.3, -0.25) is 4.79 Å². The van der Waals surface area contributed by atoms with Crippen molar-refractivity contribution >= 4 is 38.7 Å². The lowest BCUT2D eigenvalue weighted by Crippen LogP contribution is -2.32. The number of carbonyl (C=O) groups is 1. The summed E-state index contributed by atoms with van der Waals surface area (Å²) in [6.45, 7) is 1.44. The second kappa shape index (κ2) is 9.07. The van der Waals surface area contributed by atoms with Gasteiger partial charge in [0.15, 0.2) is 9.84 Å². The van der Waals surface area contributed by atoms with Gasteiger partial charge in [0.2, 0.25) is 5.91 Å². The zero-order valence-corrected chi connectivity index (χ0v) is 18.0. The van der Waals surface area contributed by atoms with Crippen molar-refractivity contribution in [1.82, 2.24) is 5.32 Å². The summed E-state index contributed by atoms with van der Waals surface area (Å²) in [5, 5.41) is 4.12. The van der Waals surface area contributed by atoms with Gasteiger partial charge in [0.25, 0.3) is 0 Å². The molecule has 1 heterocycles. The molecule has 4 nitrogen and oxygen atoms in total. The third-order valence-corrected chi connectivity index (χ3v) is 7.92. The maximum Gasteiger partial charge on any atom is 0.224 e. The molecule has 1 amide bonds. The van der Waals surface area contributed by atoms with Crippen molar-refractivity contribution in [3.05, 3.63) is 86.8 Å². The summed E-state index contributed by atoms with van der Waals surface area (Å²) in [5.74, 6) is -0.757. The Labute approximate surface area is 178 Å². The molecule has 0 aliphatic carbocycles. The van der Waals surface area contributed by atoms with Gasteiger partial charge in [-0.2, -0.15) is 0 Å². The first-order valence-electron chi connectivity index (χ1n) is 8.82. The molecule has 2 aromatic carbocycles. The smallest absolute Gasteiger partial charge is 0.224 e. The number of carbonyl (C=O) groups excluding carboxylic acids is 1. The second-order valence-electron chi connectivity index (χ2n) is 6.57. The van der Waals surface area contributed by atoms with Crippen molar-refractivity contribution in [2.75, 3.05) is 6.54 Å². The van der Waals surface area contributed by atoms with E-state index in [1.807, 2.05) is 0 Å². The lowest BCUT2D eigenvalue weighted by atomic mass is 10.1. The molecular weight excluding hydrogens is 433 g/mol. The molecule has 0 fully saturated rings. The highest BCUT2D eigenvalue weighted by Gasteiger charge is 2.30. The van der Waals surface area contributed by atoms with Gasteiger partial charge in [-0.1, -0.05) is 29.8 Å². The standard InChI is InChI=1S/C21H19ClFNO3S2/c1-14-11-17(8-9-18(14)23)29(26,27)20(19-3-2-10-28-19)13-24-21(25)12-15-4-6-16(22)7-5-15/h2-11,20H,12-13H2,1H3,(H,24,25)/t20-/m0/s1. The van der Waals surface area contributed by atoms with Gasteiger partial charge >= 0.3 is 0 Å². The number of amides is 1. The van der Waals surface area contributed by atoms with Gasteiger partial charge in [0.05, 0.1) is 11.3 Å². The van der Waals surface area contributed by atoms with Crippen LogP contribution in [0.1, 0.15) is 21.3 Å². The van der Waals surface area contributed by atoms with E-state index in [0.717, 1.165) is 11.6 Å². The predicted octanol–water partition coefficient (Wildman–Crippen LogP) is 4.72. The number of thiophene rings is 1. The lowest BCUT2D eigenvalue weighted by Gasteiger charge is -2.18. The summed E-state index contributed by atoms with van der Waals surface area (Å²) in [6, 6.07) is 14.1. The number of rotatable bonds is 7. The summed E-state index contributed by atoms with van der Waals surface area (Å²) < 4.78 is 40.0. The van der Waals surface area contributed by atoms with E-state index in [9.17, 15) is 17.6 Å². The Morgan fingerprint density at radius 2 is 1.90 bits per heavy atom. The van der Waals surface area contributed by atoms with Gasteiger partial charge in [0.1, 0.15) is 11.1 Å². The SMILES string of the molecule is Cc1cc(S(=O)(=O)[C@@H](CNC(=O)Cc2ccc(Cl)cc2)c2cccs2)ccc1F. The molecule has 0 aliphatic heterocycles. The van der Waals surface area contributed by atoms with Crippen LogP contribution in [0.2, 0.25) is 5.02 Å². The number of nitrogens with one attached hydrogen (secondary N) is 1. The van der Waals surface area contributed by atoms with E-state index in [2.05, 4.69) is 5.32 Å². The van der Waals surface area contributed by atoms with Crippen molar-refractivity contribution < 1.29 is 17.6 Å². The molecule has 0 aliphatic rings. The van der Waals surface area contributed by atoms with Crippen molar-refractivity contribution in [3.8, 4) is 0 Å². The number of hydrogen-bond donors (Lipinski definition) is 1. The van der Waals surface area contributed by atoms with E-state index in [-0.39, 0.29) is 29.3 Å². The number of halogens is 2. The molecule has 152 valence electrons. The van der Waals surface area contributed by atoms with E-state index in [0.29, 0.717) is 9.90 Å². The largest absolute Gasteiger partial charge is 0.354 e. The first-order valence-corrected chi connectivity index (χ1v) is 11.6. The van der Waals surface area contributed by atoms with E-state index in [1.165, 1.54) is 30.4 Å². The fourth-order valence-corrected chi connectivity index (χ4v) is 5.85. The molecule has 0 spiro atoms. The topological polar surface area (TPSA) is 63.2 Å². The first kappa shape index (κ1) is 21.5. The highest BCUT2D eigenvalue weighted by Crippen LogP contribution is 2.32. The third kappa shape index (κ3) is 5.23. The Bertz CT molecular complexity index is 1100. The van der Waals surface area contributed by atoms with Crippen LogP contribution < -0.4 is 5.32 Å². The van der Waals surface area contributed by atoms with Crippen LogP contribution >= 0.6 is 22.9 Å². The molecule has 0 saturated carbocycles. The maximum atomic E-state index is 13.6. The van der Waals surface area contributed by atoms with E-state index in [4.69, 9.17) is 11.6 Å². The van der Waals surface area contributed by atoms with Crippen LogP contribution in [-0.4, -0.2) is 20.9 Å². The van der Waals surface area contributed by atoms with Crippen LogP contribution in [0.3, 0.4) is 0 Å². The van der Waals surface area contributed by atoms with Crippen LogP contribution in [0.15, 0.2) is 64.9 Å². The Kier molecular flexibility index (Phi) is 6.72. The fourth-order valence-electron chi connectivity index (χ4n) is 2.85. The van der Waals surface area contributed by atoms with Crippen molar-refractivity contribution in [2.24, 2.45) is 0 Å². The lowest BCUT2D eigenvalue weighted by molar-refractivity contribution is -0.120. The fraction of sp³-hybridized carbons (Fsp3) is 0.190. The average molecular weight is 452 g/mol. The number of sulfone groups is 1. The predicted molar refractivity (Wildman–Crippen MR) is 114 cm³/mol. The molecule has 1 N–H and O–H groups in total. The molecule has 0 radical (unpaired) electrons. The average Bonchev–Trinajstić information content (AvgIpc) is 3.20. The zero-order chi connectivity index (χ0) is 21.0.